The van der Waals surface area contributed by atoms with E-state index in [1.807, 2.05) is 27.7 Å². The lowest BCUT2D eigenvalue weighted by Gasteiger charge is -2.44. The van der Waals surface area contributed by atoms with E-state index in [4.69, 9.17) is 99.0 Å². The van der Waals surface area contributed by atoms with E-state index in [2.05, 4.69) is 140 Å². The van der Waals surface area contributed by atoms with Gasteiger partial charge in [0.05, 0.1) is 72.9 Å². The second-order valence-electron chi connectivity index (χ2n) is 39.2. The average Bonchev–Trinajstić information content (AvgIpc) is 1.58. The fraction of sp³-hybridized carbons (Fsp3) is 0.723. The molecule has 32 heteroatoms. The molecule has 15 rings (SSSR count). The second kappa shape index (κ2) is 47.0. The Morgan fingerprint density at radius 3 is 1.52 bits per heavy atom. The van der Waals surface area contributed by atoms with Crippen LogP contribution in [0, 0.1) is 77.9 Å². The van der Waals surface area contributed by atoms with E-state index in [-0.39, 0.29) is 216 Å². The van der Waals surface area contributed by atoms with Crippen LogP contribution in [-0.4, -0.2) is 273 Å². The third kappa shape index (κ3) is 23.9. The minimum absolute atomic E-state index is 0.0364. The van der Waals surface area contributed by atoms with Gasteiger partial charge in [-0.05, 0) is 277 Å². The lowest BCUT2D eigenvalue weighted by molar-refractivity contribution is -0.314. The predicted molar refractivity (Wildman–Crippen MR) is 505 cm³/mol. The number of allylic oxidation sites excluding steroid dienone is 8. The summed E-state index contributed by atoms with van der Waals surface area (Å²) in [5.41, 5.74) is 4.30. The quantitative estimate of drug-likeness (QED) is 0.0536. The number of amides is 2. The largest absolute Gasteiger partial charge is 0.462 e. The highest BCUT2D eigenvalue weighted by atomic mass is 79.9. The lowest BCUT2D eigenvalue weighted by Crippen LogP contribution is -2.59. The number of nitrogens with one attached hydrogen (secondary N) is 2. The summed E-state index contributed by atoms with van der Waals surface area (Å²) in [4.78, 5) is 90.3. The summed E-state index contributed by atoms with van der Waals surface area (Å²) in [6.07, 6.45) is 19.4. The summed E-state index contributed by atoms with van der Waals surface area (Å²) < 4.78 is 101. The zero-order chi connectivity index (χ0) is 95.8. The number of benzene rings is 1. The Balaban J connectivity index is 0.000000178. The number of aryl methyl sites for hydroxylation is 1. The molecule has 8 fully saturated rings. The van der Waals surface area contributed by atoms with Crippen LogP contribution in [0.4, 0.5) is 5.69 Å². The van der Waals surface area contributed by atoms with Gasteiger partial charge in [-0.1, -0.05) is 92.9 Å². The van der Waals surface area contributed by atoms with Gasteiger partial charge in [-0.25, -0.2) is 9.67 Å². The average molecular weight is 1960 g/mol. The molecule has 2 N–H and O–H groups in total. The summed E-state index contributed by atoms with van der Waals surface area (Å²) in [6.45, 7) is 20.3. The van der Waals surface area contributed by atoms with Crippen LogP contribution in [0.5, 0.6) is 0 Å². The number of nitrogens with zero attached hydrogens (tertiary/aromatic N) is 5. The number of ketones is 2. The third-order valence-electron chi connectivity index (χ3n) is 30.8. The maximum atomic E-state index is 14.7. The lowest BCUT2D eigenvalue weighted by atomic mass is 9.67. The number of fused-ring (bicyclic) bond motifs is 10. The molecule has 0 unspecified atom stereocenters. The van der Waals surface area contributed by atoms with Gasteiger partial charge in [0, 0.05) is 96.6 Å². The standard InChI is InChI=1S/C42H67NO10.C41H65NO10.C18H14BrCl2N5O2/c1-11-26-13-12-14-35(53-37-16-15-34(43(6)7)24(4)49-37)23(3)38(45)33-20-31-29(32(33)21-36(44)51-26)17-22(2)28-18-27(19-30(28)31)52-42-41(48-10)40(47-9)39(46-8)25(5)50-42;1-10-26-12-11-13-34(52-36-17-16-33(42(5)6)23(3)48-36)22(2)37(44)32-20-30-28(31(32)21-35(43)50-26)15-14-25-18-27(19-29(25)30)51-41-40(47-9)39(46-8)38(45-7)24(4)49-41;1-9-6-10(20)7-11(17(27)22-2)16(9)24-18(28)12-8-13(19)25-26(12)15-5-3-4-14(21)23-15/h17,20,23-32,34-35,37,39-42H,11-16,18-19,21H2,1-10H3;14-15,20,22-31,33-34,36,38-41H,10-13,16-19,21H2,1-9H3;3-8H,1-2H3,(H,22,27)(H,24,28)/t23-,24-,25+,26+,27-,28+,29-,30-,31-,32+,34+,35+,37+,39+,40-,41-,42+;22-,23-,24+,25-,26+,27-,28-,29-,30-,31+,33+,34+,36+,38+,39-,40-,41+;/m11./s1. The van der Waals surface area contributed by atoms with E-state index < -0.39 is 30.7 Å². The Kier molecular flexibility index (Phi) is 36.9. The number of aromatic nitrogens is 3. The van der Waals surface area contributed by atoms with Gasteiger partial charge in [0.1, 0.15) is 64.3 Å². The van der Waals surface area contributed by atoms with Gasteiger partial charge in [0.25, 0.3) is 11.8 Å². The fourth-order valence-corrected chi connectivity index (χ4v) is 24.6. The van der Waals surface area contributed by atoms with Crippen molar-refractivity contribution in [2.45, 2.75) is 320 Å². The molecule has 12 aliphatic rings. The van der Waals surface area contributed by atoms with Gasteiger partial charge < -0.3 is 96.2 Å². The molecule has 8 heterocycles. The van der Waals surface area contributed by atoms with Crippen LogP contribution >= 0.6 is 39.1 Å². The molecular formula is C101H146BrCl2N7O22. The number of halogens is 3. The van der Waals surface area contributed by atoms with E-state index in [1.165, 1.54) is 23.4 Å². The molecule has 0 radical (unpaired) electrons. The molecule has 738 valence electrons. The minimum Gasteiger partial charge on any atom is -0.462 e. The Morgan fingerprint density at radius 1 is 0.541 bits per heavy atom. The monoisotopic (exact) mass is 1960 g/mol. The molecule has 1 aromatic carbocycles. The number of ether oxygens (including phenoxy) is 16. The molecular weight excluding hydrogens is 1810 g/mol. The fourth-order valence-electron chi connectivity index (χ4n) is 23.8. The van der Waals surface area contributed by atoms with Crippen molar-refractivity contribution < 1.29 is 105 Å². The molecule has 2 saturated carbocycles. The van der Waals surface area contributed by atoms with Crippen LogP contribution in [0.2, 0.25) is 10.2 Å². The summed E-state index contributed by atoms with van der Waals surface area (Å²) in [6, 6.07) is 10.4. The summed E-state index contributed by atoms with van der Waals surface area (Å²) >= 11 is 15.3. The van der Waals surface area contributed by atoms with Crippen molar-refractivity contribution in [3.63, 3.8) is 0 Å². The first kappa shape index (κ1) is 105. The van der Waals surface area contributed by atoms with Gasteiger partial charge in [-0.3, -0.25) is 28.8 Å². The topological polar surface area (TPSA) is 311 Å². The maximum Gasteiger partial charge on any atom is 0.306 e. The number of carbonyl (C=O) groups excluding carboxylic acids is 6. The zero-order valence-electron chi connectivity index (χ0n) is 81.6. The highest BCUT2D eigenvalue weighted by Crippen LogP contribution is 2.58. The first-order valence-electron chi connectivity index (χ1n) is 48.4. The number of anilines is 1. The molecule has 133 heavy (non-hydrogen) atoms. The SMILES string of the molecule is CC[C@H]1CCC[C@H](O[C@H]2CC[C@H](N(C)C)[C@@H](C)O2)[C@@H](C)C(=O)C2=C[C@@H]3[C@@H](C=C(C)[C@@H]4C[C@@H](O[C@@H]5O[C@@H](C)[C@H](OC)[C@@H](OC)[C@H]5OC)C[C@@H]34)[C@@H]2CC(=O)O1.CC[C@H]1CCC[C@H](O[C@H]2CC[C@H](N(C)C)[C@@H](C)O2)[C@@H](C)C(=O)C2=C[C@@H]3[C@@H](C=C[C@@H]4C[C@@H](O[C@@H]5O[C@@H](C)[C@H](OC)[C@@H](OC)[C@H]5OC)C[C@@H]34)[C@@H]2CC(=O)O1.CNC(=O)c1cc(Cl)cc(C)c1NC(=O)c1cc(Br)nn1-c1cccc(Cl)n1. The Bertz CT molecular complexity index is 4610. The molecule has 2 amide bonds. The number of esters is 2. The normalized spacial score (nSPS) is 38.2. The van der Waals surface area contributed by atoms with Gasteiger partial charge in [-0.15, -0.1) is 0 Å². The first-order chi connectivity index (χ1) is 63.6. The van der Waals surface area contributed by atoms with Crippen LogP contribution in [0.25, 0.3) is 5.82 Å². The van der Waals surface area contributed by atoms with Crippen LogP contribution in [0.3, 0.4) is 0 Å². The van der Waals surface area contributed by atoms with Gasteiger partial charge in [-0.2, -0.15) is 5.10 Å². The van der Waals surface area contributed by atoms with E-state index in [0.29, 0.717) is 63.5 Å². The van der Waals surface area contributed by atoms with Crippen molar-refractivity contribution in [2.75, 3.05) is 83.2 Å². The molecule has 2 aromatic heterocycles. The molecule has 6 saturated heterocycles. The van der Waals surface area contributed by atoms with Gasteiger partial charge >= 0.3 is 11.9 Å². The smallest absolute Gasteiger partial charge is 0.306 e. The van der Waals surface area contributed by atoms with Crippen LogP contribution in [-0.2, 0) is 95.0 Å². The number of cyclic esters (lactones) is 2. The molecule has 34 atom stereocenters. The number of hydrogen-bond donors (Lipinski definition) is 2. The summed E-state index contributed by atoms with van der Waals surface area (Å²) in [7, 11) is 19.8. The van der Waals surface area contributed by atoms with E-state index in [9.17, 15) is 28.8 Å². The Morgan fingerprint density at radius 2 is 1.04 bits per heavy atom. The van der Waals surface area contributed by atoms with Gasteiger partial charge in [0.2, 0.25) is 0 Å². The number of rotatable bonds is 22. The number of likely N-dealkylation sites (N-methyl/N-ethyl adjacent to an activating group) is 2. The Hall–Kier alpha value is -5.82. The molecule has 6 aliphatic carbocycles. The van der Waals surface area contributed by atoms with Gasteiger partial charge in [0.15, 0.2) is 42.5 Å². The third-order valence-corrected chi connectivity index (χ3v) is 31.6. The van der Waals surface area contributed by atoms with Crippen molar-refractivity contribution in [3.8, 4) is 5.82 Å². The number of methoxy groups -OCH3 is 6. The van der Waals surface area contributed by atoms with Crippen molar-refractivity contribution >= 4 is 80.1 Å². The minimum atomic E-state index is -0.598. The summed E-state index contributed by atoms with van der Waals surface area (Å²) in [5.74, 6) is -0.438. The highest BCUT2D eigenvalue weighted by molar-refractivity contribution is 9.10. The first-order valence-corrected chi connectivity index (χ1v) is 49.9. The van der Waals surface area contributed by atoms with Crippen molar-refractivity contribution in [2.24, 2.45) is 71.0 Å². The number of carbonyl (C=O) groups is 6. The Labute approximate surface area is 804 Å². The molecule has 0 bridgehead atoms. The number of hydrogen-bond acceptors (Lipinski definition) is 26. The molecule has 3 aromatic rings. The van der Waals surface area contributed by atoms with Crippen molar-refractivity contribution in [3.05, 3.63) is 115 Å². The van der Waals surface area contributed by atoms with Crippen molar-refractivity contribution in [1.29, 1.82) is 0 Å². The second-order valence-corrected chi connectivity index (χ2v) is 40.9. The van der Waals surface area contributed by atoms with Crippen LogP contribution in [0.1, 0.15) is 204 Å². The maximum absolute atomic E-state index is 14.7. The van der Waals surface area contributed by atoms with E-state index in [0.717, 1.165) is 101 Å². The number of Topliss-reactive ketones (excluding diaryl/α,β-unsaturated/α-hetero) is 2. The van der Waals surface area contributed by atoms with E-state index in [1.54, 1.807) is 79.9 Å². The molecule has 0 spiro atoms. The van der Waals surface area contributed by atoms with Crippen LogP contribution in [0.15, 0.2) is 88.1 Å². The zero-order valence-corrected chi connectivity index (χ0v) is 84.7. The number of pyridine rings is 1. The molecule has 6 aliphatic heterocycles. The predicted octanol–water partition coefficient (Wildman–Crippen LogP) is 15.6. The van der Waals surface area contributed by atoms with Crippen molar-refractivity contribution in [1.82, 2.24) is 29.9 Å². The van der Waals surface area contributed by atoms with Crippen LogP contribution < -0.4 is 10.6 Å². The van der Waals surface area contributed by atoms with E-state index >= 15 is 0 Å². The molecule has 29 nitrogen and oxygen atoms in total. The summed E-state index contributed by atoms with van der Waals surface area (Å²) in [5, 5.41) is 10.2. The highest BCUT2D eigenvalue weighted by Gasteiger charge is 2.57.